The van der Waals surface area contributed by atoms with Gasteiger partial charge in [0.25, 0.3) is 0 Å². The molecule has 0 radical (unpaired) electrons. The molecule has 2 aliphatic rings. The molecule has 0 aromatic heterocycles. The van der Waals surface area contributed by atoms with Crippen LogP contribution >= 0.6 is 24.8 Å². The molecular weight excluding hydrogens is 382 g/mol. The summed E-state index contributed by atoms with van der Waals surface area (Å²) in [6.45, 7) is 12.4. The van der Waals surface area contributed by atoms with Crippen LogP contribution in [0.4, 0.5) is 0 Å². The van der Waals surface area contributed by atoms with Crippen LogP contribution in [0.15, 0.2) is 43.0 Å². The Hall–Kier alpha value is 0.640. The van der Waals surface area contributed by atoms with Crippen molar-refractivity contribution in [3.05, 3.63) is 43.0 Å². The minimum Gasteiger partial charge on any atom is -0.147 e. The van der Waals surface area contributed by atoms with Crippen LogP contribution in [0, 0.1) is 0 Å². The van der Waals surface area contributed by atoms with E-state index in [1.54, 1.807) is 0 Å². The average molecular weight is 411 g/mol. The SMILES string of the molecule is C[CH](C)[Zr](=[SiH2])([C]1=CC=CC1)([C]1=CC=CC1)[CH](C)C.Cl.Cl. The second-order valence-corrected chi connectivity index (χ2v) is 32.5. The van der Waals surface area contributed by atoms with Gasteiger partial charge in [-0.15, -0.1) is 24.8 Å². The molecule has 0 heterocycles. The predicted octanol–water partition coefficient (Wildman–Crippen LogP) is 5.41. The predicted molar refractivity (Wildman–Crippen MR) is 96.9 cm³/mol. The fraction of sp³-hybridized carbons (Fsp3) is 0.500. The molecule has 0 nitrogen and oxygen atoms in total. The summed E-state index contributed by atoms with van der Waals surface area (Å²) in [5.41, 5.74) is 0. The molecule has 0 aliphatic heterocycles. The van der Waals surface area contributed by atoms with Crippen LogP contribution in [0.1, 0.15) is 40.5 Å². The summed E-state index contributed by atoms with van der Waals surface area (Å²) in [6, 6.07) is 0. The first-order valence-electron chi connectivity index (χ1n) is 7.17. The molecule has 0 unspecified atom stereocenters. The van der Waals surface area contributed by atoms with Gasteiger partial charge < -0.3 is 0 Å². The summed E-state index contributed by atoms with van der Waals surface area (Å²) in [5.74, 6) is 0. The van der Waals surface area contributed by atoms with E-state index in [1.807, 2.05) is 6.56 Å². The van der Waals surface area contributed by atoms with Crippen molar-refractivity contribution in [3.8, 4) is 0 Å². The average Bonchev–Trinajstić information content (AvgIpc) is 3.00. The zero-order chi connectivity index (χ0) is 13.4. The van der Waals surface area contributed by atoms with Crippen LogP contribution in [0.2, 0.25) is 7.25 Å². The number of hydrogen-bond donors (Lipinski definition) is 0. The minimum atomic E-state index is -3.03. The minimum absolute atomic E-state index is 0. The molecule has 0 aromatic carbocycles. The van der Waals surface area contributed by atoms with E-state index in [9.17, 15) is 0 Å². The Bertz CT molecular complexity index is 489. The van der Waals surface area contributed by atoms with Gasteiger partial charge in [-0.05, 0) is 0 Å². The number of allylic oxidation sites excluding steroid dienone is 8. The maximum absolute atomic E-state index is 3.03. The Balaban J connectivity index is 0.00000180. The third kappa shape index (κ3) is 2.67. The van der Waals surface area contributed by atoms with Crippen molar-refractivity contribution < 1.29 is 17.4 Å². The first-order chi connectivity index (χ1) is 8.42. The third-order valence-corrected chi connectivity index (χ3v) is 43.0. The number of rotatable bonds is 4. The van der Waals surface area contributed by atoms with Gasteiger partial charge in [-0.25, -0.2) is 0 Å². The van der Waals surface area contributed by atoms with E-state index in [2.05, 4.69) is 71.0 Å². The summed E-state index contributed by atoms with van der Waals surface area (Å²) in [7, 11) is 0. The van der Waals surface area contributed by atoms with E-state index in [-0.39, 0.29) is 24.8 Å². The topological polar surface area (TPSA) is 0 Å². The first kappa shape index (κ1) is 20.6. The van der Waals surface area contributed by atoms with Crippen molar-refractivity contribution >= 4 is 31.7 Å². The fourth-order valence-electron chi connectivity index (χ4n) is 4.13. The molecule has 0 bridgehead atoms. The van der Waals surface area contributed by atoms with Crippen molar-refractivity contribution in [2.75, 3.05) is 0 Å². The molecule has 0 saturated carbocycles. The van der Waals surface area contributed by atoms with Crippen LogP contribution in [-0.4, -0.2) is 6.88 Å². The van der Waals surface area contributed by atoms with Gasteiger partial charge in [0.15, 0.2) is 0 Å². The summed E-state index contributed by atoms with van der Waals surface area (Å²) < 4.78 is 5.27. The molecule has 2 aliphatic carbocycles. The van der Waals surface area contributed by atoms with Crippen LogP contribution < -0.4 is 0 Å². The van der Waals surface area contributed by atoms with Gasteiger partial charge in [-0.2, -0.15) is 0 Å². The smallest absolute Gasteiger partial charge is 0.147 e. The fourth-order valence-corrected chi connectivity index (χ4v) is 24.2. The van der Waals surface area contributed by atoms with Crippen molar-refractivity contribution in [1.29, 1.82) is 0 Å². The summed E-state index contributed by atoms with van der Waals surface area (Å²) in [6.07, 6.45) is 16.6. The maximum atomic E-state index is 2.48. The third-order valence-electron chi connectivity index (χ3n) is 5.70. The standard InChI is InChI=1S/2C5H5.2C3H7.2ClH.H2Si.Zr/c2*1-2-4-5-3-1;2*1-3-2;;;;/h2*1-3H,4H2;2*3H,1-2H3;2*1H;1H2;. The molecule has 4 heteroatoms. The van der Waals surface area contributed by atoms with E-state index >= 15 is 0 Å². The molecule has 0 N–H and O–H groups in total. The number of hydrogen-bond acceptors (Lipinski definition) is 0. The van der Waals surface area contributed by atoms with Crippen LogP contribution in [0.25, 0.3) is 0 Å². The molecule has 0 atom stereocenters. The van der Waals surface area contributed by atoms with Crippen molar-refractivity contribution in [1.82, 2.24) is 0 Å². The van der Waals surface area contributed by atoms with Crippen LogP contribution in [0.5, 0.6) is 0 Å². The second-order valence-electron chi connectivity index (χ2n) is 6.59. The summed E-state index contributed by atoms with van der Waals surface area (Å²) in [5, 5.41) is 0. The van der Waals surface area contributed by atoms with Crippen molar-refractivity contribution in [3.63, 3.8) is 0 Å². The molecule has 2 rings (SSSR count). The van der Waals surface area contributed by atoms with Crippen LogP contribution in [-0.2, 0) is 17.4 Å². The van der Waals surface area contributed by atoms with E-state index in [0.29, 0.717) is 0 Å². The van der Waals surface area contributed by atoms with Gasteiger partial charge in [0.2, 0.25) is 0 Å². The van der Waals surface area contributed by atoms with Gasteiger partial charge in [0.05, 0.1) is 0 Å². The van der Waals surface area contributed by atoms with Gasteiger partial charge in [-0.1, -0.05) is 0 Å². The monoisotopic (exact) mass is 408 g/mol. The van der Waals surface area contributed by atoms with E-state index in [0.717, 1.165) is 7.25 Å². The zero-order valence-electron chi connectivity index (χ0n) is 13.1. The van der Waals surface area contributed by atoms with Gasteiger partial charge in [0, 0.05) is 0 Å². The molecule has 20 heavy (non-hydrogen) atoms. The Morgan fingerprint density at radius 2 is 1.20 bits per heavy atom. The second kappa shape index (κ2) is 7.27. The van der Waals surface area contributed by atoms with Gasteiger partial charge >= 0.3 is 115 Å². The van der Waals surface area contributed by atoms with Gasteiger partial charge in [-0.3, -0.25) is 0 Å². The Morgan fingerprint density at radius 3 is 1.40 bits per heavy atom. The molecular formula is C16H28Cl2SiZr. The first-order valence-corrected chi connectivity index (χ1v) is 18.4. The summed E-state index contributed by atoms with van der Waals surface area (Å²) in [4.78, 5) is 0. The maximum Gasteiger partial charge on any atom is -0.147 e. The van der Waals surface area contributed by atoms with Crippen molar-refractivity contribution in [2.24, 2.45) is 0 Å². The molecule has 114 valence electrons. The summed E-state index contributed by atoms with van der Waals surface area (Å²) >= 11 is -3.03. The molecule has 0 aromatic rings. The largest absolute Gasteiger partial charge is 0.147 e. The Kier molecular flexibility index (Phi) is 7.50. The Labute approximate surface area is 139 Å². The van der Waals surface area contributed by atoms with Crippen LogP contribution in [0.3, 0.4) is 0 Å². The normalized spacial score (nSPS) is 17.9. The van der Waals surface area contributed by atoms with Crippen molar-refractivity contribution in [2.45, 2.75) is 47.8 Å². The molecule has 0 saturated heterocycles. The Morgan fingerprint density at radius 1 is 0.850 bits per heavy atom. The van der Waals surface area contributed by atoms with E-state index in [1.165, 1.54) is 12.8 Å². The quantitative estimate of drug-likeness (QED) is 0.544. The number of halogens is 2. The zero-order valence-corrected chi connectivity index (χ0v) is 18.6. The molecule has 0 fully saturated rings. The molecule has 0 amide bonds. The van der Waals surface area contributed by atoms with E-state index in [4.69, 9.17) is 0 Å². The molecule has 0 spiro atoms. The van der Waals surface area contributed by atoms with Gasteiger partial charge in [0.1, 0.15) is 0 Å². The van der Waals surface area contributed by atoms with E-state index < -0.39 is 17.4 Å².